The molecular weight excluding hydrogens is 509 g/mol. The number of aromatic nitrogens is 2. The van der Waals surface area contributed by atoms with Gasteiger partial charge >= 0.3 is 0 Å². The highest BCUT2D eigenvalue weighted by Gasteiger charge is 2.54. The van der Waals surface area contributed by atoms with Gasteiger partial charge < -0.3 is 15.3 Å². The number of rotatable bonds is 8. The van der Waals surface area contributed by atoms with E-state index in [1.165, 1.54) is 12.1 Å². The summed E-state index contributed by atoms with van der Waals surface area (Å²) in [5.41, 5.74) is 2.98. The minimum atomic E-state index is -0.915. The van der Waals surface area contributed by atoms with Crippen molar-refractivity contribution in [3.63, 3.8) is 0 Å². The number of aryl methyl sites for hydroxylation is 1. The fourth-order valence-electron chi connectivity index (χ4n) is 5.63. The number of aliphatic hydroxyl groups is 1. The predicted molar refractivity (Wildman–Crippen MR) is 147 cm³/mol. The van der Waals surface area contributed by atoms with Crippen LogP contribution in [0.3, 0.4) is 0 Å². The Labute approximate surface area is 231 Å². The highest BCUT2D eigenvalue weighted by Crippen LogP contribution is 2.35. The quantitative estimate of drug-likeness (QED) is 0.526. The van der Waals surface area contributed by atoms with Crippen LogP contribution in [0.1, 0.15) is 63.4 Å². The van der Waals surface area contributed by atoms with Crippen LogP contribution < -0.4 is 5.32 Å². The van der Waals surface area contributed by atoms with Crippen LogP contribution in [-0.2, 0) is 16.1 Å². The molecule has 4 rings (SSSR count). The van der Waals surface area contributed by atoms with Gasteiger partial charge in [-0.05, 0) is 63.3 Å². The molecule has 210 valence electrons. The van der Waals surface area contributed by atoms with Gasteiger partial charge in [0.2, 0.25) is 11.8 Å². The number of carbonyl (C=O) groups excluding carboxylic acids is 2. The third kappa shape index (κ3) is 5.60. The first-order chi connectivity index (χ1) is 17.6. The molecule has 2 aliphatic rings. The van der Waals surface area contributed by atoms with Crippen molar-refractivity contribution in [1.29, 1.82) is 0 Å². The molecule has 0 aliphatic carbocycles. The second-order valence-electron chi connectivity index (χ2n) is 10.9. The van der Waals surface area contributed by atoms with E-state index in [0.29, 0.717) is 39.0 Å². The molecule has 2 N–H and O–H groups in total. The molecule has 8 nitrogen and oxygen atoms in total. The van der Waals surface area contributed by atoms with E-state index in [4.69, 9.17) is 5.10 Å². The van der Waals surface area contributed by atoms with E-state index in [9.17, 15) is 19.1 Å². The lowest BCUT2D eigenvalue weighted by molar-refractivity contribution is -0.165. The summed E-state index contributed by atoms with van der Waals surface area (Å²) in [6.45, 7) is 12.3. The summed E-state index contributed by atoms with van der Waals surface area (Å²) in [6, 6.07) is 5.41. The molecule has 0 unspecified atom stereocenters. The minimum Gasteiger partial charge on any atom is -0.390 e. The van der Waals surface area contributed by atoms with Crippen LogP contribution in [0.25, 0.3) is 5.69 Å². The molecule has 2 aromatic rings. The Morgan fingerprint density at radius 1 is 1.16 bits per heavy atom. The lowest BCUT2D eigenvalue weighted by Crippen LogP contribution is -2.74. The summed E-state index contributed by atoms with van der Waals surface area (Å²) in [7, 11) is 0. The monoisotopic (exact) mass is 549 g/mol. The van der Waals surface area contributed by atoms with Crippen molar-refractivity contribution in [1.82, 2.24) is 24.9 Å². The first-order valence-electron chi connectivity index (χ1n) is 13.4. The molecule has 3 heterocycles. The number of likely N-dealkylation sites (tertiary alicyclic amines) is 1. The minimum absolute atomic E-state index is 0. The number of nitrogens with zero attached hydrogens (tertiary/aromatic N) is 4. The van der Waals surface area contributed by atoms with E-state index in [1.54, 1.807) is 17.0 Å². The van der Waals surface area contributed by atoms with Crippen molar-refractivity contribution in [2.75, 3.05) is 19.6 Å². The Kier molecular flexibility index (Phi) is 9.60. The van der Waals surface area contributed by atoms with E-state index in [0.717, 1.165) is 35.5 Å². The number of piperazine rings is 1. The summed E-state index contributed by atoms with van der Waals surface area (Å²) >= 11 is 0. The van der Waals surface area contributed by atoms with Gasteiger partial charge in [-0.1, -0.05) is 27.2 Å². The first kappa shape index (κ1) is 30.1. The van der Waals surface area contributed by atoms with E-state index in [2.05, 4.69) is 17.1 Å². The molecule has 1 spiro atoms. The number of halogens is 2. The Hall–Kier alpha value is -2.49. The summed E-state index contributed by atoms with van der Waals surface area (Å²) < 4.78 is 15.2. The third-order valence-corrected chi connectivity index (χ3v) is 8.10. The lowest BCUT2D eigenvalue weighted by atomic mass is 9.80. The van der Waals surface area contributed by atoms with Crippen LogP contribution in [0, 0.1) is 25.6 Å². The van der Waals surface area contributed by atoms with Crippen molar-refractivity contribution in [3.8, 4) is 5.69 Å². The number of amides is 2. The fourth-order valence-corrected chi connectivity index (χ4v) is 5.63. The Bertz CT molecular complexity index is 1130. The van der Waals surface area contributed by atoms with Gasteiger partial charge in [-0.15, -0.1) is 12.4 Å². The van der Waals surface area contributed by atoms with Crippen molar-refractivity contribution in [2.45, 2.75) is 84.5 Å². The normalized spacial score (nSPS) is 20.5. The van der Waals surface area contributed by atoms with E-state index < -0.39 is 17.7 Å². The highest BCUT2D eigenvalue weighted by atomic mass is 35.5. The van der Waals surface area contributed by atoms with Crippen LogP contribution in [0.2, 0.25) is 0 Å². The Morgan fingerprint density at radius 3 is 2.37 bits per heavy atom. The van der Waals surface area contributed by atoms with Crippen molar-refractivity contribution >= 4 is 24.2 Å². The molecule has 2 aliphatic heterocycles. The Morgan fingerprint density at radius 2 is 1.79 bits per heavy atom. The molecule has 0 bridgehead atoms. The topological polar surface area (TPSA) is 90.7 Å². The fraction of sp³-hybridized carbons (Fsp3) is 0.607. The molecule has 2 atom stereocenters. The van der Waals surface area contributed by atoms with Gasteiger partial charge in [0.05, 0.1) is 17.5 Å². The Balaban J connectivity index is 0.00000400. The molecular formula is C28H41ClFN5O3. The number of piperidine rings is 1. The number of carbonyl (C=O) groups is 2. The van der Waals surface area contributed by atoms with Crippen LogP contribution in [0.5, 0.6) is 0 Å². The van der Waals surface area contributed by atoms with E-state index >= 15 is 0 Å². The number of hydrogen-bond donors (Lipinski definition) is 2. The second kappa shape index (κ2) is 12.1. The summed E-state index contributed by atoms with van der Waals surface area (Å²) in [5, 5.41) is 18.2. The van der Waals surface area contributed by atoms with Crippen molar-refractivity contribution < 1.29 is 19.1 Å². The molecule has 1 aromatic heterocycles. The average molecular weight is 550 g/mol. The summed E-state index contributed by atoms with van der Waals surface area (Å²) in [4.78, 5) is 31.1. The van der Waals surface area contributed by atoms with E-state index in [1.807, 2.05) is 32.4 Å². The average Bonchev–Trinajstić information content (AvgIpc) is 3.15. The lowest BCUT2D eigenvalue weighted by Gasteiger charge is -2.52. The maximum Gasteiger partial charge on any atom is 0.248 e. The van der Waals surface area contributed by atoms with Gasteiger partial charge in [-0.25, -0.2) is 9.07 Å². The van der Waals surface area contributed by atoms with Crippen molar-refractivity contribution in [3.05, 3.63) is 47.0 Å². The molecule has 38 heavy (non-hydrogen) atoms. The molecule has 2 saturated heterocycles. The maximum atomic E-state index is 13.5. The standard InChI is InChI=1S/C28H40FN5O3.ClH/c1-6-7-14-33-26(36)24(25(35)18(2)3)30-27(37)28(33)12-15-32(16-13-28)17-23-19(4)31-34(20(23)5)22-10-8-21(29)9-11-22;/h8-11,18,24-25,35H,6-7,12-17H2,1-5H3,(H,30,37);1H/t24-,25-;/m1./s1. The van der Waals surface area contributed by atoms with Crippen LogP contribution in [0.15, 0.2) is 24.3 Å². The SMILES string of the molecule is CCCCN1C(=O)[C@@H]([C@H](O)C(C)C)NC(=O)C12CCN(Cc1c(C)nn(-c3ccc(F)cc3)c1C)CC2.Cl. The van der Waals surface area contributed by atoms with Gasteiger partial charge in [0.15, 0.2) is 0 Å². The number of hydrogen-bond acceptors (Lipinski definition) is 5. The molecule has 1 aromatic carbocycles. The van der Waals surface area contributed by atoms with Gasteiger partial charge in [0, 0.05) is 37.4 Å². The first-order valence-corrected chi connectivity index (χ1v) is 13.4. The van der Waals surface area contributed by atoms with Crippen molar-refractivity contribution in [2.24, 2.45) is 5.92 Å². The number of benzene rings is 1. The van der Waals surface area contributed by atoms with Crippen LogP contribution in [-0.4, -0.2) is 73.8 Å². The number of unbranched alkanes of at least 4 members (excludes halogenated alkanes) is 1. The smallest absolute Gasteiger partial charge is 0.248 e. The molecule has 0 saturated carbocycles. The molecule has 2 amide bonds. The predicted octanol–water partition coefficient (Wildman–Crippen LogP) is 3.53. The third-order valence-electron chi connectivity index (χ3n) is 8.10. The zero-order chi connectivity index (χ0) is 26.9. The summed E-state index contributed by atoms with van der Waals surface area (Å²) in [6.07, 6.45) is 1.91. The maximum absolute atomic E-state index is 13.5. The number of aliphatic hydroxyl groups excluding tert-OH is 1. The zero-order valence-electron chi connectivity index (χ0n) is 23.0. The van der Waals surface area contributed by atoms with Gasteiger partial charge in [0.1, 0.15) is 17.4 Å². The zero-order valence-corrected chi connectivity index (χ0v) is 23.9. The van der Waals surface area contributed by atoms with Gasteiger partial charge in [-0.3, -0.25) is 14.5 Å². The molecule has 0 radical (unpaired) electrons. The van der Waals surface area contributed by atoms with E-state index in [-0.39, 0.29) is 36.0 Å². The highest BCUT2D eigenvalue weighted by molar-refractivity contribution is 6.00. The number of nitrogens with one attached hydrogen (secondary N) is 1. The molecule has 10 heteroatoms. The van der Waals surface area contributed by atoms with Crippen LogP contribution in [0.4, 0.5) is 4.39 Å². The summed E-state index contributed by atoms with van der Waals surface area (Å²) in [5.74, 6) is -0.740. The van der Waals surface area contributed by atoms with Gasteiger partial charge in [0.25, 0.3) is 0 Å². The second-order valence-corrected chi connectivity index (χ2v) is 10.9. The molecule has 2 fully saturated rings. The van der Waals surface area contributed by atoms with Crippen LogP contribution >= 0.6 is 12.4 Å². The van der Waals surface area contributed by atoms with Gasteiger partial charge in [-0.2, -0.15) is 5.10 Å². The largest absolute Gasteiger partial charge is 0.390 e.